The van der Waals surface area contributed by atoms with Gasteiger partial charge in [-0.2, -0.15) is 0 Å². The van der Waals surface area contributed by atoms with Gasteiger partial charge in [-0.1, -0.05) is 59.9 Å². The van der Waals surface area contributed by atoms with E-state index >= 15 is 0 Å². The number of benzene rings is 2. The Balaban J connectivity index is 1.66. The van der Waals surface area contributed by atoms with Crippen molar-refractivity contribution in [3.05, 3.63) is 61.9 Å². The molecule has 0 aliphatic carbocycles. The molecule has 1 heterocycles. The van der Waals surface area contributed by atoms with Crippen LogP contribution in [0.2, 0.25) is 10.0 Å². The number of amides is 1. The molecule has 0 aliphatic heterocycles. The van der Waals surface area contributed by atoms with Gasteiger partial charge in [0.05, 0.1) is 10.7 Å². The Kier molecular flexibility index (Phi) is 6.89. The lowest BCUT2D eigenvalue weighted by atomic mass is 9.86. The van der Waals surface area contributed by atoms with Gasteiger partial charge in [-0.3, -0.25) is 10.1 Å². The molecule has 0 fully saturated rings. The Bertz CT molecular complexity index is 1050. The number of halogens is 3. The third kappa shape index (κ3) is 5.72. The second-order valence-electron chi connectivity index (χ2n) is 7.39. The Morgan fingerprint density at radius 3 is 2.66 bits per heavy atom. The summed E-state index contributed by atoms with van der Waals surface area (Å²) in [5.41, 5.74) is 2.34. The molecule has 0 atom stereocenters. The molecule has 29 heavy (non-hydrogen) atoms. The molecule has 0 bridgehead atoms. The molecule has 0 aliphatic rings. The maximum atomic E-state index is 12.3. The van der Waals surface area contributed by atoms with Crippen molar-refractivity contribution in [2.45, 2.75) is 26.2 Å². The molecule has 0 radical (unpaired) electrons. The third-order valence-electron chi connectivity index (χ3n) is 4.07. The first kappa shape index (κ1) is 22.1. The summed E-state index contributed by atoms with van der Waals surface area (Å²) in [4.78, 5) is 16.8. The zero-order chi connectivity index (χ0) is 21.2. The number of nitrogens with zero attached hydrogens (tertiary/aromatic N) is 1. The molecule has 3 aromatic rings. The minimum atomic E-state index is -0.282. The average Bonchev–Trinajstić information content (AvgIpc) is 3.08. The summed E-state index contributed by atoms with van der Waals surface area (Å²) < 4.78 is 6.75. The lowest BCUT2D eigenvalue weighted by Gasteiger charge is -2.23. The second-order valence-corrected chi connectivity index (χ2v) is 10.0. The molecular formula is C21H19BrCl2N2O2S. The van der Waals surface area contributed by atoms with Crippen molar-refractivity contribution in [2.24, 2.45) is 0 Å². The third-order valence-corrected chi connectivity index (χ3v) is 5.86. The highest BCUT2D eigenvalue weighted by molar-refractivity contribution is 9.10. The van der Waals surface area contributed by atoms with E-state index in [9.17, 15) is 4.79 Å². The summed E-state index contributed by atoms with van der Waals surface area (Å²) >= 11 is 17.0. The van der Waals surface area contributed by atoms with E-state index < -0.39 is 0 Å². The zero-order valence-corrected chi connectivity index (χ0v) is 20.0. The largest absolute Gasteiger partial charge is 0.483 e. The van der Waals surface area contributed by atoms with Crippen LogP contribution in [0, 0.1) is 0 Å². The van der Waals surface area contributed by atoms with Crippen LogP contribution in [0.3, 0.4) is 0 Å². The van der Waals surface area contributed by atoms with E-state index in [2.05, 4.69) is 47.0 Å². The highest BCUT2D eigenvalue weighted by Gasteiger charge is 2.20. The first-order valence-corrected chi connectivity index (χ1v) is 11.2. The fourth-order valence-corrected chi connectivity index (χ4v) is 4.26. The van der Waals surface area contributed by atoms with Gasteiger partial charge in [-0.15, -0.1) is 11.3 Å². The number of hydrogen-bond donors (Lipinski definition) is 1. The van der Waals surface area contributed by atoms with Crippen molar-refractivity contribution in [1.82, 2.24) is 4.98 Å². The Hall–Kier alpha value is -1.60. The molecule has 3 rings (SSSR count). The minimum Gasteiger partial charge on any atom is -0.483 e. The molecule has 8 heteroatoms. The summed E-state index contributed by atoms with van der Waals surface area (Å²) in [5.74, 6) is 0.402. The number of nitrogens with one attached hydrogen (secondary N) is 1. The summed E-state index contributed by atoms with van der Waals surface area (Å²) in [5, 5.41) is 6.14. The predicted molar refractivity (Wildman–Crippen MR) is 125 cm³/mol. The summed E-state index contributed by atoms with van der Waals surface area (Å²) in [7, 11) is 0. The van der Waals surface area contributed by atoms with E-state index in [1.807, 2.05) is 23.6 Å². The van der Waals surface area contributed by atoms with Gasteiger partial charge in [-0.25, -0.2) is 4.98 Å². The van der Waals surface area contributed by atoms with Crippen molar-refractivity contribution in [1.29, 1.82) is 0 Å². The summed E-state index contributed by atoms with van der Waals surface area (Å²) in [6.07, 6.45) is 0. The number of thiazole rings is 1. The van der Waals surface area contributed by atoms with E-state index in [1.165, 1.54) is 11.3 Å². The molecule has 0 unspecified atom stereocenters. The Morgan fingerprint density at radius 1 is 1.21 bits per heavy atom. The van der Waals surface area contributed by atoms with Crippen LogP contribution in [-0.4, -0.2) is 17.5 Å². The van der Waals surface area contributed by atoms with Crippen molar-refractivity contribution in [3.63, 3.8) is 0 Å². The minimum absolute atomic E-state index is 0.110. The van der Waals surface area contributed by atoms with E-state index in [-0.39, 0.29) is 17.9 Å². The standard InChI is InChI=1S/C21H19BrCl2N2O2S/c1-21(2,3)15-8-12(22)4-7-18(15)28-10-19(27)26-20-25-17(11-29-20)14-6-5-13(23)9-16(14)24/h4-9,11H,10H2,1-3H3,(H,25,26,27). The van der Waals surface area contributed by atoms with Crippen molar-refractivity contribution in [3.8, 4) is 17.0 Å². The van der Waals surface area contributed by atoms with E-state index in [0.29, 0.717) is 26.6 Å². The van der Waals surface area contributed by atoms with Gasteiger partial charge in [0.25, 0.3) is 5.91 Å². The highest BCUT2D eigenvalue weighted by atomic mass is 79.9. The molecule has 1 amide bonds. The van der Waals surface area contributed by atoms with Crippen molar-refractivity contribution < 1.29 is 9.53 Å². The van der Waals surface area contributed by atoms with Crippen LogP contribution >= 0.6 is 50.5 Å². The van der Waals surface area contributed by atoms with Gasteiger partial charge in [0.1, 0.15) is 5.75 Å². The molecule has 1 aromatic heterocycles. The smallest absolute Gasteiger partial charge is 0.264 e. The first-order chi connectivity index (χ1) is 13.6. The fraction of sp³-hybridized carbons (Fsp3) is 0.238. The van der Waals surface area contributed by atoms with Crippen molar-refractivity contribution in [2.75, 3.05) is 11.9 Å². The molecule has 2 aromatic carbocycles. The van der Waals surface area contributed by atoms with E-state index in [4.69, 9.17) is 27.9 Å². The quantitative estimate of drug-likeness (QED) is 0.392. The molecular weight excluding hydrogens is 495 g/mol. The molecule has 0 spiro atoms. The van der Waals surface area contributed by atoms with Gasteiger partial charge in [-0.05, 0) is 41.8 Å². The van der Waals surface area contributed by atoms with E-state index in [0.717, 1.165) is 15.6 Å². The van der Waals surface area contributed by atoms with Crippen LogP contribution in [0.1, 0.15) is 26.3 Å². The van der Waals surface area contributed by atoms with Crippen LogP contribution in [0.25, 0.3) is 11.3 Å². The lowest BCUT2D eigenvalue weighted by Crippen LogP contribution is -2.22. The normalized spacial score (nSPS) is 11.4. The number of carbonyl (C=O) groups excluding carboxylic acids is 1. The van der Waals surface area contributed by atoms with Crippen LogP contribution in [0.15, 0.2) is 46.3 Å². The topological polar surface area (TPSA) is 51.2 Å². The number of ether oxygens (including phenoxy) is 1. The SMILES string of the molecule is CC(C)(C)c1cc(Br)ccc1OCC(=O)Nc1nc(-c2ccc(Cl)cc2Cl)cs1. The second kappa shape index (κ2) is 9.04. The first-order valence-electron chi connectivity index (χ1n) is 8.77. The van der Waals surface area contributed by atoms with E-state index in [1.54, 1.807) is 18.2 Å². The molecule has 152 valence electrons. The lowest BCUT2D eigenvalue weighted by molar-refractivity contribution is -0.118. The maximum absolute atomic E-state index is 12.3. The van der Waals surface area contributed by atoms with Gasteiger partial charge in [0, 0.05) is 26.0 Å². The van der Waals surface area contributed by atoms with Gasteiger partial charge < -0.3 is 4.74 Å². The maximum Gasteiger partial charge on any atom is 0.264 e. The van der Waals surface area contributed by atoms with Crippen LogP contribution < -0.4 is 10.1 Å². The number of rotatable bonds is 5. The van der Waals surface area contributed by atoms with Gasteiger partial charge in [0.15, 0.2) is 11.7 Å². The summed E-state index contributed by atoms with van der Waals surface area (Å²) in [6, 6.07) is 11.0. The van der Waals surface area contributed by atoms with Crippen LogP contribution in [0.4, 0.5) is 5.13 Å². The van der Waals surface area contributed by atoms with Gasteiger partial charge in [0.2, 0.25) is 0 Å². The number of hydrogen-bond acceptors (Lipinski definition) is 4. The molecule has 0 saturated heterocycles. The monoisotopic (exact) mass is 512 g/mol. The Morgan fingerprint density at radius 2 is 1.97 bits per heavy atom. The Labute approximate surface area is 192 Å². The molecule has 4 nitrogen and oxygen atoms in total. The molecule has 0 saturated carbocycles. The van der Waals surface area contributed by atoms with Crippen LogP contribution in [0.5, 0.6) is 5.75 Å². The van der Waals surface area contributed by atoms with Gasteiger partial charge >= 0.3 is 0 Å². The number of anilines is 1. The van der Waals surface area contributed by atoms with Crippen molar-refractivity contribution >= 4 is 61.5 Å². The number of carbonyl (C=O) groups is 1. The number of aromatic nitrogens is 1. The predicted octanol–water partition coefficient (Wildman–Crippen LogP) is 7.19. The fourth-order valence-electron chi connectivity index (χ4n) is 2.66. The summed E-state index contributed by atoms with van der Waals surface area (Å²) in [6.45, 7) is 6.18. The van der Waals surface area contributed by atoms with Crippen LogP contribution in [-0.2, 0) is 10.2 Å². The molecule has 1 N–H and O–H groups in total. The average molecular weight is 514 g/mol. The zero-order valence-electron chi connectivity index (χ0n) is 16.1. The highest BCUT2D eigenvalue weighted by Crippen LogP contribution is 2.34.